The minimum Gasteiger partial charge on any atom is -0.504 e. The number of aromatic hydroxyl groups is 2. The Hall–Kier alpha value is -1.77. The number of carbonyl (C=O) groups is 1. The predicted molar refractivity (Wildman–Crippen MR) is 46.9 cm³/mol. The molecule has 0 fully saturated rings. The fourth-order valence-electron chi connectivity index (χ4n) is 1.48. The summed E-state index contributed by atoms with van der Waals surface area (Å²) in [6.45, 7) is 3.60. The summed E-state index contributed by atoms with van der Waals surface area (Å²) in [5, 5.41) is 18.3. The second-order valence-corrected chi connectivity index (χ2v) is 3.11. The summed E-state index contributed by atoms with van der Waals surface area (Å²) in [5.74, 6) is -0.603. The number of benzene rings is 1. The second-order valence-electron chi connectivity index (χ2n) is 3.11. The summed E-state index contributed by atoms with van der Waals surface area (Å²) in [7, 11) is 0. The first-order valence-corrected chi connectivity index (χ1v) is 3.87. The van der Waals surface area contributed by atoms with Crippen LogP contribution < -0.4 is 0 Å². The van der Waals surface area contributed by atoms with E-state index in [-0.39, 0.29) is 17.3 Å². The molecule has 66 valence electrons. The topological polar surface area (TPSA) is 57.5 Å². The summed E-state index contributed by atoms with van der Waals surface area (Å²) < 4.78 is 0. The Labute approximate surface area is 74.9 Å². The number of Topliss-reactive ketones (excluding diaryl/α,β-unsaturated/α-hetero) is 1. The number of rotatable bonds is 0. The van der Waals surface area contributed by atoms with Gasteiger partial charge < -0.3 is 10.2 Å². The number of fused-ring (bicyclic) bond motifs is 1. The summed E-state index contributed by atoms with van der Waals surface area (Å²) in [6, 6.07) is 2.69. The van der Waals surface area contributed by atoms with Gasteiger partial charge in [0.15, 0.2) is 17.3 Å². The Kier molecular flexibility index (Phi) is 1.42. The molecule has 1 aromatic carbocycles. The van der Waals surface area contributed by atoms with Crippen LogP contribution in [0.15, 0.2) is 24.3 Å². The van der Waals surface area contributed by atoms with Crippen LogP contribution in [0, 0.1) is 0 Å². The van der Waals surface area contributed by atoms with Crippen molar-refractivity contribution in [2.24, 2.45) is 0 Å². The van der Waals surface area contributed by atoms with E-state index < -0.39 is 0 Å². The zero-order valence-electron chi connectivity index (χ0n) is 6.87. The van der Waals surface area contributed by atoms with Gasteiger partial charge in [-0.2, -0.15) is 0 Å². The van der Waals surface area contributed by atoms with Crippen molar-refractivity contribution in [1.29, 1.82) is 0 Å². The SMILES string of the molecule is C=C1Cc2cc(O)c(O)cc2C1=O. The molecule has 1 aliphatic carbocycles. The highest BCUT2D eigenvalue weighted by molar-refractivity contribution is 6.13. The van der Waals surface area contributed by atoms with E-state index in [1.165, 1.54) is 12.1 Å². The van der Waals surface area contributed by atoms with Crippen molar-refractivity contribution in [2.45, 2.75) is 6.42 Å². The van der Waals surface area contributed by atoms with Gasteiger partial charge in [-0.3, -0.25) is 4.79 Å². The minimum atomic E-state index is -0.262. The average molecular weight is 176 g/mol. The Balaban J connectivity index is 2.66. The molecular formula is C10H8O3. The van der Waals surface area contributed by atoms with Crippen molar-refractivity contribution < 1.29 is 15.0 Å². The standard InChI is InChI=1S/C10H8O3/c1-5-2-6-3-8(11)9(12)4-7(6)10(5)13/h3-4,11-12H,1-2H2. The molecule has 13 heavy (non-hydrogen) atoms. The third-order valence-electron chi connectivity index (χ3n) is 2.17. The molecule has 3 heteroatoms. The smallest absolute Gasteiger partial charge is 0.189 e. The van der Waals surface area contributed by atoms with Gasteiger partial charge in [-0.1, -0.05) is 6.58 Å². The van der Waals surface area contributed by atoms with Crippen molar-refractivity contribution in [3.05, 3.63) is 35.4 Å². The lowest BCUT2D eigenvalue weighted by Gasteiger charge is -2.00. The molecule has 0 spiro atoms. The van der Waals surface area contributed by atoms with Crippen LogP contribution in [-0.4, -0.2) is 16.0 Å². The van der Waals surface area contributed by atoms with Crippen LogP contribution in [0.5, 0.6) is 11.5 Å². The fourth-order valence-corrected chi connectivity index (χ4v) is 1.48. The van der Waals surface area contributed by atoms with E-state index >= 15 is 0 Å². The Morgan fingerprint density at radius 2 is 1.85 bits per heavy atom. The number of allylic oxidation sites excluding steroid dienone is 1. The van der Waals surface area contributed by atoms with Crippen LogP contribution in [0.4, 0.5) is 0 Å². The maximum atomic E-state index is 11.4. The molecule has 0 saturated heterocycles. The molecule has 0 atom stereocenters. The molecular weight excluding hydrogens is 168 g/mol. The van der Waals surface area contributed by atoms with Gasteiger partial charge in [0.25, 0.3) is 0 Å². The van der Waals surface area contributed by atoms with Gasteiger partial charge in [-0.25, -0.2) is 0 Å². The normalized spacial score (nSPS) is 14.8. The highest BCUT2D eigenvalue weighted by Crippen LogP contribution is 2.34. The summed E-state index contributed by atoms with van der Waals surface area (Å²) in [6.07, 6.45) is 0.460. The van der Waals surface area contributed by atoms with Crippen molar-refractivity contribution >= 4 is 5.78 Å². The maximum Gasteiger partial charge on any atom is 0.189 e. The van der Waals surface area contributed by atoms with Crippen molar-refractivity contribution in [1.82, 2.24) is 0 Å². The molecule has 0 aromatic heterocycles. The average Bonchev–Trinajstić information content (AvgIpc) is 2.32. The lowest BCUT2D eigenvalue weighted by molar-refractivity contribution is 0.103. The van der Waals surface area contributed by atoms with E-state index in [9.17, 15) is 4.79 Å². The number of phenolic OH excluding ortho intramolecular Hbond substituents is 2. The first-order valence-electron chi connectivity index (χ1n) is 3.87. The maximum absolute atomic E-state index is 11.4. The Morgan fingerprint density at radius 1 is 1.23 bits per heavy atom. The molecule has 0 aliphatic heterocycles. The van der Waals surface area contributed by atoms with Gasteiger partial charge in [0, 0.05) is 12.0 Å². The molecule has 0 radical (unpaired) electrons. The van der Waals surface area contributed by atoms with Crippen molar-refractivity contribution in [3.63, 3.8) is 0 Å². The van der Waals surface area contributed by atoms with E-state index in [0.717, 1.165) is 5.56 Å². The van der Waals surface area contributed by atoms with Gasteiger partial charge >= 0.3 is 0 Å². The second kappa shape index (κ2) is 2.36. The number of ketones is 1. The Morgan fingerprint density at radius 3 is 2.54 bits per heavy atom. The van der Waals surface area contributed by atoms with E-state index in [4.69, 9.17) is 10.2 Å². The first kappa shape index (κ1) is 7.86. The number of carbonyl (C=O) groups excluding carboxylic acids is 1. The summed E-state index contributed by atoms with van der Waals surface area (Å²) in [5.41, 5.74) is 1.67. The monoisotopic (exact) mass is 176 g/mol. The van der Waals surface area contributed by atoms with Crippen molar-refractivity contribution in [2.75, 3.05) is 0 Å². The van der Waals surface area contributed by atoms with Crippen LogP contribution in [-0.2, 0) is 6.42 Å². The molecule has 0 heterocycles. The van der Waals surface area contributed by atoms with Crippen LogP contribution in [0.3, 0.4) is 0 Å². The molecule has 0 saturated carbocycles. The summed E-state index contributed by atoms with van der Waals surface area (Å²) in [4.78, 5) is 11.4. The van der Waals surface area contributed by atoms with Gasteiger partial charge in [0.05, 0.1) is 0 Å². The van der Waals surface area contributed by atoms with E-state index in [0.29, 0.717) is 17.6 Å². The van der Waals surface area contributed by atoms with Crippen LogP contribution in [0.25, 0.3) is 0 Å². The number of hydrogen-bond acceptors (Lipinski definition) is 3. The highest BCUT2D eigenvalue weighted by atomic mass is 16.3. The zero-order valence-corrected chi connectivity index (χ0v) is 6.87. The molecule has 2 rings (SSSR count). The lowest BCUT2D eigenvalue weighted by Crippen LogP contribution is -1.92. The largest absolute Gasteiger partial charge is 0.504 e. The minimum absolute atomic E-state index is 0.148. The number of phenols is 2. The highest BCUT2D eigenvalue weighted by Gasteiger charge is 2.24. The molecule has 3 nitrogen and oxygen atoms in total. The summed E-state index contributed by atoms with van der Waals surface area (Å²) >= 11 is 0. The number of hydrogen-bond donors (Lipinski definition) is 2. The predicted octanol–water partition coefficient (Wildman–Crippen LogP) is 1.39. The molecule has 2 N–H and O–H groups in total. The first-order chi connectivity index (χ1) is 6.09. The van der Waals surface area contributed by atoms with Gasteiger partial charge in [0.1, 0.15) is 0 Å². The van der Waals surface area contributed by atoms with Gasteiger partial charge in [0.2, 0.25) is 0 Å². The van der Waals surface area contributed by atoms with E-state index in [1.54, 1.807) is 0 Å². The van der Waals surface area contributed by atoms with Crippen LogP contribution in [0.2, 0.25) is 0 Å². The third kappa shape index (κ3) is 1.01. The third-order valence-corrected chi connectivity index (χ3v) is 2.17. The zero-order chi connectivity index (χ0) is 9.59. The lowest BCUT2D eigenvalue weighted by atomic mass is 10.1. The van der Waals surface area contributed by atoms with E-state index in [1.807, 2.05) is 0 Å². The molecule has 1 aliphatic rings. The fraction of sp³-hybridized carbons (Fsp3) is 0.100. The van der Waals surface area contributed by atoms with Gasteiger partial charge in [-0.15, -0.1) is 0 Å². The van der Waals surface area contributed by atoms with Crippen LogP contribution >= 0.6 is 0 Å². The van der Waals surface area contributed by atoms with Gasteiger partial charge in [-0.05, 0) is 23.3 Å². The Bertz CT molecular complexity index is 418. The van der Waals surface area contributed by atoms with E-state index in [2.05, 4.69) is 6.58 Å². The molecule has 0 bridgehead atoms. The molecule has 1 aromatic rings. The van der Waals surface area contributed by atoms with Crippen LogP contribution in [0.1, 0.15) is 15.9 Å². The quantitative estimate of drug-likeness (QED) is 0.464. The molecule has 0 unspecified atom stereocenters. The van der Waals surface area contributed by atoms with Crippen molar-refractivity contribution in [3.8, 4) is 11.5 Å². The molecule has 0 amide bonds.